The van der Waals surface area contributed by atoms with E-state index in [1.807, 2.05) is 6.07 Å². The van der Waals surface area contributed by atoms with Crippen LogP contribution in [0.25, 0.3) is 0 Å². The van der Waals surface area contributed by atoms with E-state index in [1.54, 1.807) is 6.07 Å². The zero-order chi connectivity index (χ0) is 15.8. The normalized spacial score (nSPS) is 11.4. The van der Waals surface area contributed by atoms with Crippen molar-refractivity contribution in [3.8, 4) is 5.75 Å². The van der Waals surface area contributed by atoms with E-state index in [2.05, 4.69) is 33.0 Å². The van der Waals surface area contributed by atoms with Crippen molar-refractivity contribution in [2.75, 3.05) is 19.8 Å². The van der Waals surface area contributed by atoms with Crippen LogP contribution in [0.4, 0.5) is 0 Å². The number of hydrogen-bond donors (Lipinski definition) is 1. The second kappa shape index (κ2) is 9.52. The Balaban J connectivity index is 2.61. The minimum atomic E-state index is 0.380. The lowest BCUT2D eigenvalue weighted by Gasteiger charge is -2.16. The van der Waals surface area contributed by atoms with E-state index in [-0.39, 0.29) is 0 Å². The highest BCUT2D eigenvalue weighted by molar-refractivity contribution is 6.35. The van der Waals surface area contributed by atoms with Crippen molar-refractivity contribution >= 4 is 23.2 Å². The molecule has 0 heterocycles. The van der Waals surface area contributed by atoms with Gasteiger partial charge in [0.05, 0.1) is 11.6 Å². The van der Waals surface area contributed by atoms with Gasteiger partial charge in [-0.05, 0) is 18.1 Å². The summed E-state index contributed by atoms with van der Waals surface area (Å²) in [6, 6.07) is 3.96. The molecule has 0 aliphatic heterocycles. The lowest BCUT2D eigenvalue weighted by Crippen LogP contribution is -2.22. The van der Waals surface area contributed by atoms with Gasteiger partial charge in [0, 0.05) is 29.8 Å². The summed E-state index contributed by atoms with van der Waals surface area (Å²) in [5.41, 5.74) is 0.963. The molecular weight excluding hydrogens is 309 g/mol. The summed E-state index contributed by atoms with van der Waals surface area (Å²) >= 11 is 12.3. The molecule has 0 fully saturated rings. The van der Waals surface area contributed by atoms with Crippen LogP contribution in [0.15, 0.2) is 12.1 Å². The van der Waals surface area contributed by atoms with Crippen LogP contribution >= 0.6 is 23.2 Å². The zero-order valence-corrected chi connectivity index (χ0v) is 14.7. The van der Waals surface area contributed by atoms with Crippen LogP contribution < -0.4 is 10.1 Å². The smallest absolute Gasteiger partial charge is 0.142 e. The Labute approximate surface area is 137 Å². The average Bonchev–Trinajstić information content (AvgIpc) is 2.37. The molecule has 21 heavy (non-hydrogen) atoms. The van der Waals surface area contributed by atoms with Gasteiger partial charge >= 0.3 is 0 Å². The molecule has 0 amide bonds. The summed E-state index contributed by atoms with van der Waals surface area (Å²) in [7, 11) is 0. The minimum Gasteiger partial charge on any atom is -0.489 e. The summed E-state index contributed by atoms with van der Waals surface area (Å²) < 4.78 is 11.3. The van der Waals surface area contributed by atoms with Crippen LogP contribution in [0.1, 0.15) is 33.3 Å². The van der Waals surface area contributed by atoms with E-state index in [1.165, 1.54) is 0 Å². The summed E-state index contributed by atoms with van der Waals surface area (Å²) in [4.78, 5) is 0. The lowest BCUT2D eigenvalue weighted by atomic mass is 10.2. The van der Waals surface area contributed by atoms with Crippen molar-refractivity contribution in [1.82, 2.24) is 5.32 Å². The molecule has 1 N–H and O–H groups in total. The second-order valence-electron chi connectivity index (χ2n) is 5.73. The maximum atomic E-state index is 6.24. The van der Waals surface area contributed by atoms with Crippen LogP contribution in [0, 0.1) is 5.92 Å². The third-order valence-corrected chi connectivity index (χ3v) is 3.21. The van der Waals surface area contributed by atoms with Crippen LogP contribution in [0.5, 0.6) is 5.75 Å². The summed E-state index contributed by atoms with van der Waals surface area (Å²) in [6.07, 6.45) is 0. The van der Waals surface area contributed by atoms with Crippen LogP contribution in [-0.2, 0) is 11.3 Å². The molecule has 0 spiro atoms. The molecule has 1 rings (SSSR count). The summed E-state index contributed by atoms with van der Waals surface area (Å²) in [6.45, 7) is 10.8. The van der Waals surface area contributed by atoms with Gasteiger partial charge in [0.15, 0.2) is 0 Å². The molecule has 0 aromatic heterocycles. The number of benzene rings is 1. The second-order valence-corrected chi connectivity index (χ2v) is 6.57. The van der Waals surface area contributed by atoms with Crippen molar-refractivity contribution in [3.63, 3.8) is 0 Å². The van der Waals surface area contributed by atoms with Crippen molar-refractivity contribution in [1.29, 1.82) is 0 Å². The predicted octanol–water partition coefficient (Wildman–Crippen LogP) is 4.54. The number of nitrogens with one attached hydrogen (secondary N) is 1. The Bertz CT molecular complexity index is 437. The zero-order valence-electron chi connectivity index (χ0n) is 13.2. The highest BCUT2D eigenvalue weighted by Gasteiger charge is 2.11. The average molecular weight is 334 g/mol. The van der Waals surface area contributed by atoms with Gasteiger partial charge < -0.3 is 14.8 Å². The molecule has 0 atom stereocenters. The number of halogens is 2. The Morgan fingerprint density at radius 3 is 2.43 bits per heavy atom. The maximum absolute atomic E-state index is 6.24. The molecule has 0 radical (unpaired) electrons. The van der Waals surface area contributed by atoms with E-state index >= 15 is 0 Å². The van der Waals surface area contributed by atoms with Gasteiger partial charge in [-0.1, -0.05) is 50.9 Å². The fraction of sp³-hybridized carbons (Fsp3) is 0.625. The van der Waals surface area contributed by atoms with Gasteiger partial charge in [-0.3, -0.25) is 0 Å². The maximum Gasteiger partial charge on any atom is 0.142 e. The van der Waals surface area contributed by atoms with Gasteiger partial charge in [-0.2, -0.15) is 0 Å². The summed E-state index contributed by atoms with van der Waals surface area (Å²) in [5.74, 6) is 1.21. The Kier molecular flexibility index (Phi) is 8.42. The van der Waals surface area contributed by atoms with Gasteiger partial charge in [0.25, 0.3) is 0 Å². The third kappa shape index (κ3) is 7.37. The van der Waals surface area contributed by atoms with E-state index < -0.39 is 0 Å². The molecule has 0 unspecified atom stereocenters. The first-order valence-corrected chi connectivity index (χ1v) is 8.07. The van der Waals surface area contributed by atoms with E-state index in [0.717, 1.165) is 12.2 Å². The monoisotopic (exact) mass is 333 g/mol. The number of ether oxygens (including phenoxy) is 2. The lowest BCUT2D eigenvalue weighted by molar-refractivity contribution is 0.0816. The molecule has 5 heteroatoms. The minimum absolute atomic E-state index is 0.380. The van der Waals surface area contributed by atoms with Crippen molar-refractivity contribution in [2.24, 2.45) is 5.92 Å². The molecule has 3 nitrogen and oxygen atoms in total. The van der Waals surface area contributed by atoms with Crippen LogP contribution in [0.3, 0.4) is 0 Å². The Morgan fingerprint density at radius 1 is 1.10 bits per heavy atom. The highest BCUT2D eigenvalue weighted by atomic mass is 35.5. The quantitative estimate of drug-likeness (QED) is 0.673. The first-order chi connectivity index (χ1) is 9.90. The molecule has 120 valence electrons. The summed E-state index contributed by atoms with van der Waals surface area (Å²) in [5, 5.41) is 4.49. The molecule has 0 bridgehead atoms. The van der Waals surface area contributed by atoms with E-state index in [4.69, 9.17) is 32.7 Å². The van der Waals surface area contributed by atoms with Crippen molar-refractivity contribution < 1.29 is 9.47 Å². The molecule has 0 saturated carbocycles. The first kappa shape index (κ1) is 18.6. The highest BCUT2D eigenvalue weighted by Crippen LogP contribution is 2.32. The van der Waals surface area contributed by atoms with Gasteiger partial charge in [-0.25, -0.2) is 0 Å². The topological polar surface area (TPSA) is 30.5 Å². The molecule has 0 aliphatic rings. The number of hydrogen-bond acceptors (Lipinski definition) is 3. The predicted molar refractivity (Wildman–Crippen MR) is 89.6 cm³/mol. The fourth-order valence-electron chi connectivity index (χ4n) is 1.74. The third-order valence-electron chi connectivity index (χ3n) is 2.71. The fourth-order valence-corrected chi connectivity index (χ4v) is 2.33. The standard InChI is InChI=1S/C16H25Cl2NO2/c1-11(2)10-20-5-6-21-16-13(9-19-12(3)4)7-14(17)8-15(16)18/h7-8,11-12,19H,5-6,9-10H2,1-4H3. The van der Waals surface area contributed by atoms with Crippen molar-refractivity contribution in [3.05, 3.63) is 27.7 Å². The molecule has 0 aliphatic carbocycles. The van der Waals surface area contributed by atoms with Crippen LogP contribution in [0.2, 0.25) is 10.0 Å². The molecule has 1 aromatic rings. The SMILES string of the molecule is CC(C)COCCOc1c(Cl)cc(Cl)cc1CNC(C)C. The largest absolute Gasteiger partial charge is 0.489 e. The Hall–Kier alpha value is -0.480. The van der Waals surface area contributed by atoms with E-state index in [9.17, 15) is 0 Å². The number of rotatable bonds is 9. The molecular formula is C16H25Cl2NO2. The van der Waals surface area contributed by atoms with Crippen LogP contribution in [-0.4, -0.2) is 25.9 Å². The molecule has 0 saturated heterocycles. The van der Waals surface area contributed by atoms with Gasteiger partial charge in [-0.15, -0.1) is 0 Å². The van der Waals surface area contributed by atoms with E-state index in [0.29, 0.717) is 47.5 Å². The molecule has 1 aromatic carbocycles. The van der Waals surface area contributed by atoms with Crippen molar-refractivity contribution in [2.45, 2.75) is 40.3 Å². The van der Waals surface area contributed by atoms with Gasteiger partial charge in [0.2, 0.25) is 0 Å². The Morgan fingerprint density at radius 2 is 1.81 bits per heavy atom. The van der Waals surface area contributed by atoms with Gasteiger partial charge in [0.1, 0.15) is 12.4 Å². The first-order valence-electron chi connectivity index (χ1n) is 7.32.